The van der Waals surface area contributed by atoms with Crippen LogP contribution in [0.25, 0.3) is 5.57 Å². The zero-order valence-electron chi connectivity index (χ0n) is 9.03. The first-order chi connectivity index (χ1) is 8.18. The van der Waals surface area contributed by atoms with E-state index in [1.54, 1.807) is 0 Å². The van der Waals surface area contributed by atoms with E-state index in [0.29, 0.717) is 12.1 Å². The van der Waals surface area contributed by atoms with Crippen LogP contribution in [0.1, 0.15) is 11.1 Å². The first kappa shape index (κ1) is 11.2. The van der Waals surface area contributed by atoms with Crippen molar-refractivity contribution in [3.05, 3.63) is 41.7 Å². The molecule has 0 fully saturated rings. The highest BCUT2D eigenvalue weighted by molar-refractivity contribution is 6.20. The van der Waals surface area contributed by atoms with E-state index in [2.05, 4.69) is 5.32 Å². The van der Waals surface area contributed by atoms with E-state index in [4.69, 9.17) is 9.84 Å². The number of amides is 1. The first-order valence-electron chi connectivity index (χ1n) is 5.11. The largest absolute Gasteiger partial charge is 0.562 e. The maximum absolute atomic E-state index is 11.6. The molecule has 0 saturated carbocycles. The number of rotatable bonds is 3. The van der Waals surface area contributed by atoms with Crippen LogP contribution in [-0.4, -0.2) is 23.6 Å². The summed E-state index contributed by atoms with van der Waals surface area (Å²) in [6.45, 7) is 0.142. The number of ether oxygens (including phenoxy) is 1. The Morgan fingerprint density at radius 1 is 1.47 bits per heavy atom. The molecular formula is C12H12NO4+. The Labute approximate surface area is 97.7 Å². The Hall–Kier alpha value is -2.30. The highest BCUT2D eigenvalue weighted by Gasteiger charge is 2.21. The zero-order chi connectivity index (χ0) is 12.3. The Bertz CT molecular complexity index is 493. The lowest BCUT2D eigenvalue weighted by Crippen LogP contribution is -2.29. The number of hydrogen-bond acceptors (Lipinski definition) is 3. The molecule has 0 atom stereocenters. The van der Waals surface area contributed by atoms with Gasteiger partial charge in [0.15, 0.2) is 0 Å². The van der Waals surface area contributed by atoms with Crippen LogP contribution in [0.2, 0.25) is 0 Å². The molecule has 0 saturated heterocycles. The molecule has 0 radical (unpaired) electrons. The van der Waals surface area contributed by atoms with Gasteiger partial charge in [-0.2, -0.15) is 0 Å². The van der Waals surface area contributed by atoms with Crippen molar-refractivity contribution in [3.63, 3.8) is 0 Å². The molecule has 1 heterocycles. The lowest BCUT2D eigenvalue weighted by Gasteiger charge is -2.18. The van der Waals surface area contributed by atoms with Crippen LogP contribution in [0.5, 0.6) is 0 Å². The van der Waals surface area contributed by atoms with Gasteiger partial charge in [0.25, 0.3) is 5.91 Å². The average Bonchev–Trinajstić information content (AvgIpc) is 2.32. The van der Waals surface area contributed by atoms with Gasteiger partial charge in [-0.3, -0.25) is 4.79 Å². The van der Waals surface area contributed by atoms with Crippen molar-refractivity contribution < 1.29 is 19.4 Å². The van der Waals surface area contributed by atoms with Crippen LogP contribution in [0.15, 0.2) is 30.5 Å². The molecule has 88 valence electrons. The smallest absolute Gasteiger partial charge is 0.553 e. The molecule has 0 aromatic heterocycles. The summed E-state index contributed by atoms with van der Waals surface area (Å²) in [5, 5.41) is 9.40. The molecule has 1 amide bonds. The van der Waals surface area contributed by atoms with Crippen LogP contribution >= 0.6 is 0 Å². The summed E-state index contributed by atoms with van der Waals surface area (Å²) in [7, 11) is 0. The highest BCUT2D eigenvalue weighted by atomic mass is 16.5. The van der Waals surface area contributed by atoms with Crippen LogP contribution < -0.4 is 5.32 Å². The minimum atomic E-state index is -0.827. The Morgan fingerprint density at radius 3 is 3.00 bits per heavy atom. The zero-order valence-corrected chi connectivity index (χ0v) is 9.03. The van der Waals surface area contributed by atoms with Gasteiger partial charge in [-0.15, -0.1) is 0 Å². The normalized spacial score (nSPS) is 16.2. The Balaban J connectivity index is 2.26. The molecule has 5 heteroatoms. The van der Waals surface area contributed by atoms with Crippen LogP contribution in [0.4, 0.5) is 0 Å². The molecule has 1 aliphatic heterocycles. The molecule has 1 aromatic carbocycles. The third-order valence-electron chi connectivity index (χ3n) is 2.41. The van der Waals surface area contributed by atoms with Crippen molar-refractivity contribution in [2.24, 2.45) is 0 Å². The van der Waals surface area contributed by atoms with E-state index in [0.717, 1.165) is 11.1 Å². The summed E-state index contributed by atoms with van der Waals surface area (Å²) < 4.78 is 4.90. The standard InChI is InChI=1S/C12H11NO4/c14-11(15)7-17-6-10-9-4-2-1-3-8(9)5-13-12(10)16/h1-4,6H,5,7H2,(H,13,16)(H,14,15)/p+1/b10-6+. The van der Waals surface area contributed by atoms with Gasteiger partial charge in [-0.05, 0) is 11.1 Å². The third-order valence-corrected chi connectivity index (χ3v) is 2.41. The molecule has 3 N–H and O–H groups in total. The van der Waals surface area contributed by atoms with Gasteiger partial charge >= 0.3 is 5.97 Å². The van der Waals surface area contributed by atoms with Crippen LogP contribution in [0, 0.1) is 0 Å². The molecule has 1 aliphatic rings. The van der Waals surface area contributed by atoms with E-state index in [1.807, 2.05) is 24.3 Å². The molecule has 2 rings (SSSR count). The van der Waals surface area contributed by atoms with Crippen molar-refractivity contribution in [2.75, 3.05) is 6.61 Å². The molecule has 0 unspecified atom stereocenters. The summed E-state index contributed by atoms with van der Waals surface area (Å²) in [5.74, 6) is -1.06. The molecular weight excluding hydrogens is 222 g/mol. The highest BCUT2D eigenvalue weighted by Crippen LogP contribution is 2.23. The molecule has 0 bridgehead atoms. The number of carbonyl (C=O) groups excluding carboxylic acids is 2. The predicted octanol–water partition coefficient (Wildman–Crippen LogP) is -0.0749. The van der Waals surface area contributed by atoms with Gasteiger partial charge in [-0.25, -0.2) is 0 Å². The van der Waals surface area contributed by atoms with E-state index in [-0.39, 0.29) is 12.5 Å². The Morgan fingerprint density at radius 2 is 2.24 bits per heavy atom. The van der Waals surface area contributed by atoms with Gasteiger partial charge < -0.3 is 15.2 Å². The van der Waals surface area contributed by atoms with Crippen molar-refractivity contribution in [3.8, 4) is 0 Å². The second kappa shape index (κ2) is 4.69. The minimum absolute atomic E-state index is 0.235. The monoisotopic (exact) mass is 234 g/mol. The van der Waals surface area contributed by atoms with Crippen LogP contribution in [0.3, 0.4) is 0 Å². The van der Waals surface area contributed by atoms with Gasteiger partial charge in [0, 0.05) is 11.3 Å². The fraction of sp³-hybridized carbons (Fsp3) is 0.167. The fourth-order valence-electron chi connectivity index (χ4n) is 1.65. The average molecular weight is 234 g/mol. The van der Waals surface area contributed by atoms with E-state index in [9.17, 15) is 9.59 Å². The second-order valence-electron chi connectivity index (χ2n) is 3.61. The Kier molecular flexibility index (Phi) is 3.09. The number of hydrogen-bond donors (Lipinski definition) is 1. The van der Waals surface area contributed by atoms with Gasteiger partial charge in [0.2, 0.25) is 6.61 Å². The summed E-state index contributed by atoms with van der Waals surface area (Å²) in [5.41, 5.74) is 2.18. The lowest BCUT2D eigenvalue weighted by atomic mass is 9.97. The molecule has 5 nitrogen and oxygen atoms in total. The summed E-state index contributed by atoms with van der Waals surface area (Å²) in [6.07, 6.45) is 1.24. The number of nitrogens with one attached hydrogen (secondary N) is 1. The lowest BCUT2D eigenvalue weighted by molar-refractivity contribution is -0.140. The number of carbonyl (C=O) groups is 2. The van der Waals surface area contributed by atoms with Crippen molar-refractivity contribution in [2.45, 2.75) is 6.54 Å². The van der Waals surface area contributed by atoms with E-state index in [1.165, 1.54) is 6.26 Å². The van der Waals surface area contributed by atoms with E-state index >= 15 is 0 Å². The van der Waals surface area contributed by atoms with E-state index < -0.39 is 5.97 Å². The van der Waals surface area contributed by atoms with Gasteiger partial charge in [-0.1, -0.05) is 24.3 Å². The molecule has 0 spiro atoms. The quantitative estimate of drug-likeness (QED) is 0.451. The summed E-state index contributed by atoms with van der Waals surface area (Å²) in [4.78, 5) is 22.1. The van der Waals surface area contributed by atoms with Gasteiger partial charge in [0.05, 0.1) is 11.8 Å². The van der Waals surface area contributed by atoms with Crippen molar-refractivity contribution in [1.82, 2.24) is 5.32 Å². The molecule has 17 heavy (non-hydrogen) atoms. The molecule has 0 aliphatic carbocycles. The second-order valence-corrected chi connectivity index (χ2v) is 3.61. The maximum atomic E-state index is 11.6. The molecule has 1 aromatic rings. The van der Waals surface area contributed by atoms with Crippen molar-refractivity contribution >= 4 is 17.4 Å². The maximum Gasteiger partial charge on any atom is 0.553 e. The first-order valence-corrected chi connectivity index (χ1v) is 5.11. The minimum Gasteiger partial charge on any atom is -0.562 e. The fourth-order valence-corrected chi connectivity index (χ4v) is 1.65. The predicted molar refractivity (Wildman–Crippen MR) is 60.8 cm³/mol. The van der Waals surface area contributed by atoms with Crippen molar-refractivity contribution in [1.29, 1.82) is 0 Å². The summed E-state index contributed by atoms with van der Waals surface area (Å²) >= 11 is 0. The van der Waals surface area contributed by atoms with Crippen LogP contribution in [-0.2, 0) is 20.9 Å². The van der Waals surface area contributed by atoms with Gasteiger partial charge in [0.1, 0.15) is 0 Å². The SMILES string of the molecule is O=C([OH2+])CO/C=C1/C(=O)NCc2ccccc21. The summed E-state index contributed by atoms with van der Waals surface area (Å²) in [6, 6.07) is 7.47. The number of benzene rings is 1. The third kappa shape index (κ3) is 2.44. The number of fused-ring (bicyclic) bond motifs is 1. The topological polar surface area (TPSA) is 78.3 Å².